The molecule has 1 aliphatic heterocycles. The monoisotopic (exact) mass is 323 g/mol. The van der Waals surface area contributed by atoms with Gasteiger partial charge in [-0.1, -0.05) is 41.4 Å². The SMILES string of the molecule is Cc1ccc(CN2CC3(CC(C#N)C3)c3cc(Cl)cnc32)cc1. The summed E-state index contributed by atoms with van der Waals surface area (Å²) in [6.07, 6.45) is 3.56. The number of rotatable bonds is 2. The van der Waals surface area contributed by atoms with Crippen molar-refractivity contribution in [3.63, 3.8) is 0 Å². The van der Waals surface area contributed by atoms with E-state index in [0.29, 0.717) is 5.02 Å². The standard InChI is InChI=1S/C19H18ClN3/c1-13-2-4-14(5-3-13)11-23-12-19(7-15(8-19)9-21)17-6-16(20)10-22-18(17)23/h2-6,10,15H,7-8,11-12H2,1H3. The van der Waals surface area contributed by atoms with Gasteiger partial charge in [-0.05, 0) is 31.4 Å². The van der Waals surface area contributed by atoms with Gasteiger partial charge < -0.3 is 4.90 Å². The van der Waals surface area contributed by atoms with Crippen molar-refractivity contribution in [3.05, 3.63) is 58.2 Å². The third-order valence-electron chi connectivity index (χ3n) is 5.15. The maximum Gasteiger partial charge on any atom is 0.132 e. The number of pyridine rings is 1. The molecule has 1 aromatic carbocycles. The molecule has 23 heavy (non-hydrogen) atoms. The van der Waals surface area contributed by atoms with Crippen LogP contribution in [0, 0.1) is 24.2 Å². The van der Waals surface area contributed by atoms with Gasteiger partial charge in [-0.25, -0.2) is 4.98 Å². The fourth-order valence-electron chi connectivity index (χ4n) is 3.97. The zero-order valence-corrected chi connectivity index (χ0v) is 13.8. The second-order valence-corrected chi connectivity index (χ2v) is 7.32. The Morgan fingerprint density at radius 2 is 2.09 bits per heavy atom. The van der Waals surface area contributed by atoms with E-state index in [1.165, 1.54) is 16.7 Å². The van der Waals surface area contributed by atoms with Crippen LogP contribution in [-0.2, 0) is 12.0 Å². The lowest BCUT2D eigenvalue weighted by Gasteiger charge is -2.42. The van der Waals surface area contributed by atoms with Crippen LogP contribution in [0.25, 0.3) is 0 Å². The lowest BCUT2D eigenvalue weighted by atomic mass is 9.60. The van der Waals surface area contributed by atoms with Crippen molar-refractivity contribution in [2.45, 2.75) is 31.7 Å². The normalized spacial score (nSPS) is 25.1. The first kappa shape index (κ1) is 14.5. The highest BCUT2D eigenvalue weighted by Crippen LogP contribution is 2.55. The first-order chi connectivity index (χ1) is 11.1. The van der Waals surface area contributed by atoms with Crippen LogP contribution < -0.4 is 4.90 Å². The molecule has 1 spiro atoms. The first-order valence-electron chi connectivity index (χ1n) is 7.96. The van der Waals surface area contributed by atoms with E-state index >= 15 is 0 Å². The Morgan fingerprint density at radius 3 is 2.78 bits per heavy atom. The smallest absolute Gasteiger partial charge is 0.132 e. The van der Waals surface area contributed by atoms with Crippen LogP contribution in [0.15, 0.2) is 36.5 Å². The van der Waals surface area contributed by atoms with Crippen molar-refractivity contribution in [2.75, 3.05) is 11.4 Å². The second kappa shape index (κ2) is 5.25. The molecule has 2 heterocycles. The summed E-state index contributed by atoms with van der Waals surface area (Å²) in [7, 11) is 0. The van der Waals surface area contributed by atoms with E-state index in [9.17, 15) is 0 Å². The molecule has 1 aliphatic carbocycles. The molecule has 0 unspecified atom stereocenters. The van der Waals surface area contributed by atoms with Crippen molar-refractivity contribution in [1.82, 2.24) is 4.98 Å². The fraction of sp³-hybridized carbons (Fsp3) is 0.368. The minimum absolute atomic E-state index is 0.0678. The highest BCUT2D eigenvalue weighted by atomic mass is 35.5. The average molecular weight is 324 g/mol. The van der Waals surface area contributed by atoms with E-state index in [1.54, 1.807) is 6.20 Å². The Balaban J connectivity index is 1.65. The van der Waals surface area contributed by atoms with Crippen LogP contribution in [0.1, 0.15) is 29.5 Å². The molecular weight excluding hydrogens is 306 g/mol. The molecule has 0 bridgehead atoms. The van der Waals surface area contributed by atoms with Gasteiger partial charge in [-0.15, -0.1) is 0 Å². The molecule has 1 fully saturated rings. The lowest BCUT2D eigenvalue weighted by Crippen LogP contribution is -2.44. The molecule has 2 aliphatic rings. The Bertz CT molecular complexity index is 785. The van der Waals surface area contributed by atoms with Gasteiger partial charge in [0.15, 0.2) is 0 Å². The maximum atomic E-state index is 9.15. The summed E-state index contributed by atoms with van der Waals surface area (Å²) in [5.74, 6) is 1.20. The van der Waals surface area contributed by atoms with Crippen molar-refractivity contribution in [3.8, 4) is 6.07 Å². The minimum atomic E-state index is 0.0678. The minimum Gasteiger partial charge on any atom is -0.351 e. The second-order valence-electron chi connectivity index (χ2n) is 6.88. The van der Waals surface area contributed by atoms with Gasteiger partial charge in [-0.3, -0.25) is 0 Å². The third-order valence-corrected chi connectivity index (χ3v) is 5.36. The predicted octanol–water partition coefficient (Wildman–Crippen LogP) is 4.24. The van der Waals surface area contributed by atoms with Crippen LogP contribution in [-0.4, -0.2) is 11.5 Å². The van der Waals surface area contributed by atoms with Gasteiger partial charge in [0.2, 0.25) is 0 Å². The molecule has 0 saturated heterocycles. The largest absolute Gasteiger partial charge is 0.351 e. The molecule has 3 nitrogen and oxygen atoms in total. The van der Waals surface area contributed by atoms with Crippen molar-refractivity contribution in [1.29, 1.82) is 5.26 Å². The molecular formula is C19H18ClN3. The van der Waals surface area contributed by atoms with E-state index < -0.39 is 0 Å². The van der Waals surface area contributed by atoms with Crippen LogP contribution in [0.3, 0.4) is 0 Å². The molecule has 116 valence electrons. The molecule has 1 aromatic heterocycles. The summed E-state index contributed by atoms with van der Waals surface area (Å²) in [5.41, 5.74) is 3.85. The molecule has 0 N–H and O–H groups in total. The number of aromatic nitrogens is 1. The van der Waals surface area contributed by atoms with E-state index in [4.69, 9.17) is 16.9 Å². The Hall–Kier alpha value is -2.05. The Kier molecular flexibility index (Phi) is 3.32. The third kappa shape index (κ3) is 2.38. The summed E-state index contributed by atoms with van der Waals surface area (Å²) in [4.78, 5) is 6.93. The number of nitriles is 1. The van der Waals surface area contributed by atoms with Gasteiger partial charge >= 0.3 is 0 Å². The Labute approximate surface area is 141 Å². The maximum absolute atomic E-state index is 9.15. The van der Waals surface area contributed by atoms with E-state index in [1.807, 2.05) is 6.07 Å². The number of halogens is 1. The van der Waals surface area contributed by atoms with Crippen molar-refractivity contribution in [2.24, 2.45) is 5.92 Å². The molecule has 0 amide bonds. The van der Waals surface area contributed by atoms with Crippen molar-refractivity contribution >= 4 is 17.4 Å². The molecule has 0 atom stereocenters. The quantitative estimate of drug-likeness (QED) is 0.830. The van der Waals surface area contributed by atoms with E-state index in [2.05, 4.69) is 47.1 Å². The molecule has 1 saturated carbocycles. The van der Waals surface area contributed by atoms with Crippen molar-refractivity contribution < 1.29 is 0 Å². The highest BCUT2D eigenvalue weighted by molar-refractivity contribution is 6.30. The molecule has 4 rings (SSSR count). The number of fused-ring (bicyclic) bond motifs is 2. The number of benzene rings is 1. The number of aryl methyl sites for hydroxylation is 1. The number of hydrogen-bond donors (Lipinski definition) is 0. The zero-order chi connectivity index (χ0) is 16.0. The number of anilines is 1. The predicted molar refractivity (Wildman–Crippen MR) is 91.5 cm³/mol. The van der Waals surface area contributed by atoms with Crippen LogP contribution in [0.4, 0.5) is 5.82 Å². The molecule has 4 heteroatoms. The average Bonchev–Trinajstić information content (AvgIpc) is 2.82. The summed E-state index contributed by atoms with van der Waals surface area (Å²) >= 11 is 6.18. The van der Waals surface area contributed by atoms with Crippen LogP contribution in [0.5, 0.6) is 0 Å². The fourth-order valence-corrected chi connectivity index (χ4v) is 4.13. The van der Waals surface area contributed by atoms with E-state index in [-0.39, 0.29) is 11.3 Å². The van der Waals surface area contributed by atoms with Gasteiger partial charge in [0.1, 0.15) is 5.82 Å². The number of nitrogens with zero attached hydrogens (tertiary/aromatic N) is 3. The summed E-state index contributed by atoms with van der Waals surface area (Å²) < 4.78 is 0. The zero-order valence-electron chi connectivity index (χ0n) is 13.1. The van der Waals surface area contributed by atoms with Gasteiger partial charge in [0.25, 0.3) is 0 Å². The van der Waals surface area contributed by atoms with Gasteiger partial charge in [-0.2, -0.15) is 5.26 Å². The van der Waals surface area contributed by atoms with Gasteiger partial charge in [0, 0.05) is 36.2 Å². The molecule has 2 aromatic rings. The summed E-state index contributed by atoms with van der Waals surface area (Å²) in [6, 6.07) is 13.1. The van der Waals surface area contributed by atoms with Crippen LogP contribution >= 0.6 is 11.6 Å². The molecule has 0 radical (unpaired) electrons. The topological polar surface area (TPSA) is 39.9 Å². The van der Waals surface area contributed by atoms with Gasteiger partial charge in [0.05, 0.1) is 11.1 Å². The first-order valence-corrected chi connectivity index (χ1v) is 8.34. The number of hydrogen-bond acceptors (Lipinski definition) is 3. The summed E-state index contributed by atoms with van der Waals surface area (Å²) in [5, 5.41) is 9.84. The van der Waals surface area contributed by atoms with Crippen LogP contribution in [0.2, 0.25) is 5.02 Å². The Morgan fingerprint density at radius 1 is 1.35 bits per heavy atom. The van der Waals surface area contributed by atoms with E-state index in [0.717, 1.165) is 31.7 Å². The lowest BCUT2D eigenvalue weighted by molar-refractivity contribution is 0.202. The highest BCUT2D eigenvalue weighted by Gasteiger charge is 2.52. The summed E-state index contributed by atoms with van der Waals surface area (Å²) in [6.45, 7) is 3.88.